The van der Waals surface area contributed by atoms with E-state index in [1.165, 1.54) is 4.90 Å². The molecule has 0 bridgehead atoms. The second-order valence-electron chi connectivity index (χ2n) is 5.44. The van der Waals surface area contributed by atoms with Gasteiger partial charge in [0.2, 0.25) is 0 Å². The third kappa shape index (κ3) is 3.13. The van der Waals surface area contributed by atoms with Gasteiger partial charge in [0, 0.05) is 34.9 Å². The predicted molar refractivity (Wildman–Crippen MR) is 91.9 cm³/mol. The highest BCUT2D eigenvalue weighted by Gasteiger charge is 2.21. The SMILES string of the molecule is NCc1cccc(C(=O)N(CC(=O)O)c2ccc3[nH]ccc3c2)c1. The molecule has 1 amide bonds. The zero-order valence-electron chi connectivity index (χ0n) is 12.9. The van der Waals surface area contributed by atoms with E-state index in [2.05, 4.69) is 4.98 Å². The number of nitrogens with zero attached hydrogens (tertiary/aromatic N) is 1. The molecule has 3 aromatic rings. The number of rotatable bonds is 5. The Morgan fingerprint density at radius 3 is 2.71 bits per heavy atom. The smallest absolute Gasteiger partial charge is 0.323 e. The molecule has 1 heterocycles. The molecular formula is C18H17N3O3. The van der Waals surface area contributed by atoms with Crippen molar-refractivity contribution < 1.29 is 14.7 Å². The van der Waals surface area contributed by atoms with Crippen LogP contribution >= 0.6 is 0 Å². The van der Waals surface area contributed by atoms with Gasteiger partial charge >= 0.3 is 5.97 Å². The topological polar surface area (TPSA) is 99.4 Å². The Hall–Kier alpha value is -3.12. The number of fused-ring (bicyclic) bond motifs is 1. The van der Waals surface area contributed by atoms with Crippen LogP contribution in [-0.4, -0.2) is 28.5 Å². The maximum Gasteiger partial charge on any atom is 0.323 e. The molecule has 0 fully saturated rings. The van der Waals surface area contributed by atoms with Crippen molar-refractivity contribution in [2.45, 2.75) is 6.54 Å². The molecule has 0 radical (unpaired) electrons. The van der Waals surface area contributed by atoms with Crippen LogP contribution in [0.3, 0.4) is 0 Å². The lowest BCUT2D eigenvalue weighted by Crippen LogP contribution is -2.35. The summed E-state index contributed by atoms with van der Waals surface area (Å²) in [6.45, 7) is -0.100. The van der Waals surface area contributed by atoms with Gasteiger partial charge in [-0.2, -0.15) is 0 Å². The van der Waals surface area contributed by atoms with Crippen molar-refractivity contribution in [2.75, 3.05) is 11.4 Å². The van der Waals surface area contributed by atoms with Gasteiger partial charge in [-0.15, -0.1) is 0 Å². The molecule has 6 heteroatoms. The number of hydrogen-bond acceptors (Lipinski definition) is 3. The number of anilines is 1. The van der Waals surface area contributed by atoms with Gasteiger partial charge in [-0.3, -0.25) is 14.5 Å². The normalized spacial score (nSPS) is 10.7. The van der Waals surface area contributed by atoms with E-state index in [0.29, 0.717) is 17.8 Å². The number of aliphatic carboxylic acids is 1. The number of H-pyrrole nitrogens is 1. The van der Waals surface area contributed by atoms with Crippen molar-refractivity contribution in [2.24, 2.45) is 5.73 Å². The molecular weight excluding hydrogens is 306 g/mol. The van der Waals surface area contributed by atoms with Crippen LogP contribution < -0.4 is 10.6 Å². The summed E-state index contributed by atoms with van der Waals surface area (Å²) in [5.41, 5.74) is 8.30. The second-order valence-corrected chi connectivity index (χ2v) is 5.44. The van der Waals surface area contributed by atoms with Gasteiger partial charge in [0.05, 0.1) is 0 Å². The number of nitrogens with one attached hydrogen (secondary N) is 1. The molecule has 0 aliphatic heterocycles. The number of aromatic nitrogens is 1. The maximum absolute atomic E-state index is 12.8. The summed E-state index contributed by atoms with van der Waals surface area (Å²) in [4.78, 5) is 28.4. The van der Waals surface area contributed by atoms with Gasteiger partial charge in [0.25, 0.3) is 5.91 Å². The molecule has 0 saturated heterocycles. The molecule has 0 atom stereocenters. The summed E-state index contributed by atoms with van der Waals surface area (Å²) >= 11 is 0. The molecule has 0 saturated carbocycles. The molecule has 122 valence electrons. The van der Waals surface area contributed by atoms with Crippen molar-refractivity contribution in [1.82, 2.24) is 4.98 Å². The zero-order valence-corrected chi connectivity index (χ0v) is 12.9. The Morgan fingerprint density at radius 2 is 1.96 bits per heavy atom. The standard InChI is InChI=1S/C18H17N3O3/c19-10-12-2-1-3-14(8-12)18(24)21(11-17(22)23)15-4-5-16-13(9-15)6-7-20-16/h1-9,20H,10-11,19H2,(H,22,23). The highest BCUT2D eigenvalue weighted by atomic mass is 16.4. The number of carboxylic acids is 1. The number of aromatic amines is 1. The van der Waals surface area contributed by atoms with E-state index < -0.39 is 12.5 Å². The first-order valence-corrected chi connectivity index (χ1v) is 7.48. The highest BCUT2D eigenvalue weighted by Crippen LogP contribution is 2.23. The van der Waals surface area contributed by atoms with Crippen molar-refractivity contribution >= 4 is 28.5 Å². The minimum atomic E-state index is -1.08. The van der Waals surface area contributed by atoms with E-state index in [9.17, 15) is 14.7 Å². The first kappa shape index (κ1) is 15.8. The lowest BCUT2D eigenvalue weighted by molar-refractivity contribution is -0.135. The fourth-order valence-electron chi connectivity index (χ4n) is 2.61. The van der Waals surface area contributed by atoms with Crippen molar-refractivity contribution in [3.63, 3.8) is 0 Å². The number of benzene rings is 2. The van der Waals surface area contributed by atoms with Crippen LogP contribution in [0.2, 0.25) is 0 Å². The van der Waals surface area contributed by atoms with E-state index in [1.807, 2.05) is 18.2 Å². The van der Waals surface area contributed by atoms with Crippen LogP contribution in [0.15, 0.2) is 54.7 Å². The largest absolute Gasteiger partial charge is 0.480 e. The fourth-order valence-corrected chi connectivity index (χ4v) is 2.61. The van der Waals surface area contributed by atoms with E-state index in [1.54, 1.807) is 36.5 Å². The van der Waals surface area contributed by atoms with Crippen molar-refractivity contribution in [1.29, 1.82) is 0 Å². The van der Waals surface area contributed by atoms with Gasteiger partial charge in [0.15, 0.2) is 0 Å². The Labute approximate surface area is 138 Å². The van der Waals surface area contributed by atoms with Crippen molar-refractivity contribution in [3.05, 3.63) is 65.9 Å². The lowest BCUT2D eigenvalue weighted by atomic mass is 10.1. The Bertz CT molecular complexity index is 901. The molecule has 3 rings (SSSR count). The first-order valence-electron chi connectivity index (χ1n) is 7.48. The summed E-state index contributed by atoms with van der Waals surface area (Å²) in [7, 11) is 0. The summed E-state index contributed by atoms with van der Waals surface area (Å²) in [6, 6.07) is 14.1. The average Bonchev–Trinajstić information content (AvgIpc) is 3.06. The number of carboxylic acid groups (broad SMARTS) is 1. The van der Waals surface area contributed by atoms with Crippen LogP contribution in [-0.2, 0) is 11.3 Å². The molecule has 24 heavy (non-hydrogen) atoms. The monoisotopic (exact) mass is 323 g/mol. The van der Waals surface area contributed by atoms with Crippen molar-refractivity contribution in [3.8, 4) is 0 Å². The van der Waals surface area contributed by atoms with Gasteiger partial charge in [0.1, 0.15) is 6.54 Å². The number of carbonyl (C=O) groups excluding carboxylic acids is 1. The molecule has 2 aromatic carbocycles. The second kappa shape index (κ2) is 6.55. The lowest BCUT2D eigenvalue weighted by Gasteiger charge is -2.21. The van der Waals surface area contributed by atoms with E-state index in [4.69, 9.17) is 5.73 Å². The quantitative estimate of drug-likeness (QED) is 0.671. The third-order valence-electron chi connectivity index (χ3n) is 3.80. The summed E-state index contributed by atoms with van der Waals surface area (Å²) in [5, 5.41) is 10.1. The third-order valence-corrected chi connectivity index (χ3v) is 3.80. The fraction of sp³-hybridized carbons (Fsp3) is 0.111. The molecule has 0 aliphatic carbocycles. The maximum atomic E-state index is 12.8. The van der Waals surface area contributed by atoms with Gasteiger partial charge in [-0.1, -0.05) is 12.1 Å². The number of nitrogens with two attached hydrogens (primary N) is 1. The Balaban J connectivity index is 2.01. The summed E-state index contributed by atoms with van der Waals surface area (Å²) in [6.07, 6.45) is 1.79. The molecule has 0 spiro atoms. The minimum absolute atomic E-state index is 0.315. The van der Waals surface area contributed by atoms with E-state index in [-0.39, 0.29) is 5.91 Å². The highest BCUT2D eigenvalue weighted by molar-refractivity contribution is 6.09. The van der Waals surface area contributed by atoms with E-state index in [0.717, 1.165) is 16.5 Å². The van der Waals surface area contributed by atoms with Crippen LogP contribution in [0.4, 0.5) is 5.69 Å². The van der Waals surface area contributed by atoms with Crippen LogP contribution in [0, 0.1) is 0 Å². The molecule has 1 aromatic heterocycles. The van der Waals surface area contributed by atoms with E-state index >= 15 is 0 Å². The Morgan fingerprint density at radius 1 is 1.12 bits per heavy atom. The molecule has 6 nitrogen and oxygen atoms in total. The number of carbonyl (C=O) groups is 2. The van der Waals surface area contributed by atoms with Gasteiger partial charge < -0.3 is 15.8 Å². The summed E-state index contributed by atoms with van der Waals surface area (Å²) in [5.74, 6) is -1.45. The van der Waals surface area contributed by atoms with Gasteiger partial charge in [-0.25, -0.2) is 0 Å². The van der Waals surface area contributed by atoms with Crippen LogP contribution in [0.5, 0.6) is 0 Å². The number of hydrogen-bond donors (Lipinski definition) is 3. The molecule has 0 aliphatic rings. The number of amides is 1. The van der Waals surface area contributed by atoms with Crippen LogP contribution in [0.1, 0.15) is 15.9 Å². The Kier molecular flexibility index (Phi) is 4.31. The first-order chi connectivity index (χ1) is 11.6. The average molecular weight is 323 g/mol. The molecule has 0 unspecified atom stereocenters. The minimum Gasteiger partial charge on any atom is -0.480 e. The zero-order chi connectivity index (χ0) is 17.1. The molecule has 4 N–H and O–H groups in total. The van der Waals surface area contributed by atoms with Crippen LogP contribution in [0.25, 0.3) is 10.9 Å². The predicted octanol–water partition coefficient (Wildman–Crippen LogP) is 2.36. The summed E-state index contributed by atoms with van der Waals surface area (Å²) < 4.78 is 0. The van der Waals surface area contributed by atoms with Gasteiger partial charge in [-0.05, 0) is 42.0 Å².